The van der Waals surface area contributed by atoms with Crippen LogP contribution in [-0.4, -0.2) is 92.1 Å². The molecule has 0 spiro atoms. The van der Waals surface area contributed by atoms with E-state index in [1.165, 1.54) is 29.1 Å². The molecule has 0 aromatic heterocycles. The SMILES string of the molecule is CCN(CC1CCN(C(=NCC(=O)N(C)C)NC2CCCCC2)C1)CC(F)(F)F. The van der Waals surface area contributed by atoms with Crippen molar-refractivity contribution in [3.63, 3.8) is 0 Å². The van der Waals surface area contributed by atoms with Crippen LogP contribution < -0.4 is 5.32 Å². The second kappa shape index (κ2) is 11.0. The van der Waals surface area contributed by atoms with Crippen molar-refractivity contribution in [2.75, 3.05) is 53.4 Å². The smallest absolute Gasteiger partial charge is 0.353 e. The highest BCUT2D eigenvalue weighted by atomic mass is 19.4. The number of nitrogens with zero attached hydrogens (tertiary/aromatic N) is 4. The van der Waals surface area contributed by atoms with Crippen LogP contribution in [0.15, 0.2) is 4.99 Å². The molecular formula is C20H36F3N5O. The van der Waals surface area contributed by atoms with Crippen LogP contribution in [0.3, 0.4) is 0 Å². The summed E-state index contributed by atoms with van der Waals surface area (Å²) < 4.78 is 38.3. The van der Waals surface area contributed by atoms with Gasteiger partial charge in [0.2, 0.25) is 5.91 Å². The van der Waals surface area contributed by atoms with E-state index >= 15 is 0 Å². The summed E-state index contributed by atoms with van der Waals surface area (Å²) in [6.07, 6.45) is 2.47. The summed E-state index contributed by atoms with van der Waals surface area (Å²) in [5, 5.41) is 3.53. The Balaban J connectivity index is 1.98. The van der Waals surface area contributed by atoms with Crippen LogP contribution in [0.4, 0.5) is 13.2 Å². The fourth-order valence-corrected chi connectivity index (χ4v) is 4.05. The molecule has 29 heavy (non-hydrogen) atoms. The number of carbonyl (C=O) groups is 1. The number of rotatable bonds is 7. The average Bonchev–Trinajstić information content (AvgIpc) is 3.12. The number of carbonyl (C=O) groups excluding carboxylic acids is 1. The number of likely N-dealkylation sites (tertiary alicyclic amines) is 1. The van der Waals surface area contributed by atoms with E-state index in [1.807, 2.05) is 0 Å². The molecule has 1 saturated carbocycles. The molecule has 0 radical (unpaired) electrons. The van der Waals surface area contributed by atoms with Gasteiger partial charge in [-0.1, -0.05) is 26.2 Å². The Morgan fingerprint density at radius 2 is 1.86 bits per heavy atom. The Morgan fingerprint density at radius 1 is 1.17 bits per heavy atom. The first-order valence-corrected chi connectivity index (χ1v) is 10.7. The predicted molar refractivity (Wildman–Crippen MR) is 109 cm³/mol. The molecule has 2 fully saturated rings. The monoisotopic (exact) mass is 419 g/mol. The van der Waals surface area contributed by atoms with Crippen LogP contribution in [0.5, 0.6) is 0 Å². The van der Waals surface area contributed by atoms with Crippen LogP contribution in [0.25, 0.3) is 0 Å². The fourth-order valence-electron chi connectivity index (χ4n) is 4.05. The van der Waals surface area contributed by atoms with E-state index in [1.54, 1.807) is 21.0 Å². The Morgan fingerprint density at radius 3 is 2.45 bits per heavy atom. The molecule has 0 aromatic carbocycles. The second-order valence-corrected chi connectivity index (χ2v) is 8.45. The summed E-state index contributed by atoms with van der Waals surface area (Å²) in [6.45, 7) is 3.22. The molecule has 0 bridgehead atoms. The lowest BCUT2D eigenvalue weighted by atomic mass is 9.96. The molecule has 1 unspecified atom stereocenters. The van der Waals surface area contributed by atoms with Crippen molar-refractivity contribution in [2.24, 2.45) is 10.9 Å². The van der Waals surface area contributed by atoms with Gasteiger partial charge in [-0.15, -0.1) is 0 Å². The van der Waals surface area contributed by atoms with Crippen LogP contribution in [0, 0.1) is 5.92 Å². The minimum absolute atomic E-state index is 0.0639. The molecule has 9 heteroatoms. The van der Waals surface area contributed by atoms with E-state index < -0.39 is 12.7 Å². The first kappa shape index (κ1) is 23.8. The average molecular weight is 420 g/mol. The second-order valence-electron chi connectivity index (χ2n) is 8.45. The Bertz CT molecular complexity index is 547. The van der Waals surface area contributed by atoms with Gasteiger partial charge >= 0.3 is 6.18 Å². The molecule has 2 rings (SSSR count). The van der Waals surface area contributed by atoms with Gasteiger partial charge in [0.25, 0.3) is 0 Å². The number of nitrogens with one attached hydrogen (secondary N) is 1. The molecule has 1 amide bonds. The zero-order chi connectivity index (χ0) is 21.4. The first-order valence-electron chi connectivity index (χ1n) is 10.7. The van der Waals surface area contributed by atoms with E-state index in [9.17, 15) is 18.0 Å². The van der Waals surface area contributed by atoms with Crippen molar-refractivity contribution in [3.8, 4) is 0 Å². The minimum atomic E-state index is -4.17. The van der Waals surface area contributed by atoms with E-state index in [0.29, 0.717) is 25.7 Å². The van der Waals surface area contributed by atoms with Crippen LogP contribution in [-0.2, 0) is 4.79 Å². The van der Waals surface area contributed by atoms with Gasteiger partial charge in [-0.05, 0) is 31.7 Å². The van der Waals surface area contributed by atoms with Crippen LogP contribution in [0.2, 0.25) is 0 Å². The normalized spacial score (nSPS) is 21.7. The molecule has 1 atom stereocenters. The molecule has 168 valence electrons. The van der Waals surface area contributed by atoms with Gasteiger partial charge in [0.1, 0.15) is 6.54 Å². The maximum atomic E-state index is 12.8. The molecule has 1 saturated heterocycles. The Hall–Kier alpha value is -1.51. The highest BCUT2D eigenvalue weighted by Crippen LogP contribution is 2.22. The lowest BCUT2D eigenvalue weighted by Crippen LogP contribution is -2.46. The quantitative estimate of drug-likeness (QED) is 0.509. The maximum Gasteiger partial charge on any atom is 0.401 e. The van der Waals surface area contributed by atoms with Crippen molar-refractivity contribution < 1.29 is 18.0 Å². The Labute approximate surface area is 172 Å². The highest BCUT2D eigenvalue weighted by molar-refractivity contribution is 5.85. The van der Waals surface area contributed by atoms with Gasteiger partial charge in [0, 0.05) is 39.8 Å². The number of amides is 1. The molecule has 1 aliphatic carbocycles. The molecule has 6 nitrogen and oxygen atoms in total. The molecule has 1 aliphatic heterocycles. The number of hydrogen-bond donors (Lipinski definition) is 1. The number of aliphatic imine (C=N–C) groups is 1. The van der Waals surface area contributed by atoms with Gasteiger partial charge in [-0.25, -0.2) is 4.99 Å². The summed E-state index contributed by atoms with van der Waals surface area (Å²) >= 11 is 0. The topological polar surface area (TPSA) is 51.2 Å². The summed E-state index contributed by atoms with van der Waals surface area (Å²) in [4.78, 5) is 21.7. The summed E-state index contributed by atoms with van der Waals surface area (Å²) in [6, 6.07) is 0.355. The van der Waals surface area contributed by atoms with E-state index in [2.05, 4.69) is 15.2 Å². The van der Waals surface area contributed by atoms with Crippen LogP contribution >= 0.6 is 0 Å². The number of guanidine groups is 1. The summed E-state index contributed by atoms with van der Waals surface area (Å²) in [5.41, 5.74) is 0. The zero-order valence-corrected chi connectivity index (χ0v) is 18.0. The summed E-state index contributed by atoms with van der Waals surface area (Å²) in [7, 11) is 3.41. The van der Waals surface area contributed by atoms with Crippen molar-refractivity contribution in [1.82, 2.24) is 20.0 Å². The van der Waals surface area contributed by atoms with E-state index in [4.69, 9.17) is 0 Å². The van der Waals surface area contributed by atoms with Crippen molar-refractivity contribution >= 4 is 11.9 Å². The largest absolute Gasteiger partial charge is 0.401 e. The Kier molecular flexibility index (Phi) is 9.04. The molecular weight excluding hydrogens is 383 g/mol. The third-order valence-electron chi connectivity index (χ3n) is 5.75. The van der Waals surface area contributed by atoms with Gasteiger partial charge in [-0.2, -0.15) is 13.2 Å². The first-order chi connectivity index (χ1) is 13.7. The van der Waals surface area contributed by atoms with Crippen molar-refractivity contribution in [3.05, 3.63) is 0 Å². The lowest BCUT2D eigenvalue weighted by Gasteiger charge is -2.30. The highest BCUT2D eigenvalue weighted by Gasteiger charge is 2.33. The van der Waals surface area contributed by atoms with Gasteiger partial charge in [0.05, 0.1) is 6.54 Å². The van der Waals surface area contributed by atoms with Crippen molar-refractivity contribution in [2.45, 2.75) is 57.7 Å². The predicted octanol–water partition coefficient (Wildman–Crippen LogP) is 2.56. The van der Waals surface area contributed by atoms with Gasteiger partial charge in [-0.3, -0.25) is 9.69 Å². The number of hydrogen-bond acceptors (Lipinski definition) is 3. The standard InChI is InChI=1S/C20H36F3N5O/c1-4-27(15-20(21,22)23)13-16-10-11-28(14-16)19(24-12-18(29)26(2)3)25-17-8-6-5-7-9-17/h16-17H,4-15H2,1-3H3,(H,24,25). The van der Waals surface area contributed by atoms with Gasteiger partial charge in [0.15, 0.2) is 5.96 Å². The molecule has 0 aromatic rings. The van der Waals surface area contributed by atoms with Gasteiger partial charge < -0.3 is 15.1 Å². The fraction of sp³-hybridized carbons (Fsp3) is 0.900. The van der Waals surface area contributed by atoms with E-state index in [-0.39, 0.29) is 18.4 Å². The third kappa shape index (κ3) is 8.40. The minimum Gasteiger partial charge on any atom is -0.353 e. The molecule has 1 N–H and O–H groups in total. The third-order valence-corrected chi connectivity index (χ3v) is 5.75. The van der Waals surface area contributed by atoms with E-state index in [0.717, 1.165) is 31.8 Å². The zero-order valence-electron chi connectivity index (χ0n) is 18.0. The van der Waals surface area contributed by atoms with Crippen LogP contribution in [0.1, 0.15) is 45.4 Å². The van der Waals surface area contributed by atoms with Crippen molar-refractivity contribution in [1.29, 1.82) is 0 Å². The number of halogens is 3. The number of alkyl halides is 3. The lowest BCUT2D eigenvalue weighted by molar-refractivity contribution is -0.146. The summed E-state index contributed by atoms with van der Waals surface area (Å²) in [5.74, 6) is 0.833. The molecule has 2 aliphatic rings. The number of likely N-dealkylation sites (N-methyl/N-ethyl adjacent to an activating group) is 1. The molecule has 1 heterocycles. The maximum absolute atomic E-state index is 12.8.